The van der Waals surface area contributed by atoms with Crippen molar-refractivity contribution in [3.63, 3.8) is 0 Å². The minimum absolute atomic E-state index is 0.538. The summed E-state index contributed by atoms with van der Waals surface area (Å²) in [6.45, 7) is 4.27. The van der Waals surface area contributed by atoms with Crippen molar-refractivity contribution in [1.82, 2.24) is 0 Å². The summed E-state index contributed by atoms with van der Waals surface area (Å²) in [6, 6.07) is 6.48. The first-order chi connectivity index (χ1) is 9.74. The first-order valence-electron chi connectivity index (χ1n) is 7.06. The first-order valence-corrected chi connectivity index (χ1v) is 10.9. The van der Waals surface area contributed by atoms with Gasteiger partial charge in [-0.2, -0.15) is 0 Å². The van der Waals surface area contributed by atoms with Crippen molar-refractivity contribution < 1.29 is 25.0 Å². The Morgan fingerprint density at radius 2 is 1.40 bits per heavy atom. The van der Waals surface area contributed by atoms with E-state index in [1.807, 2.05) is 0 Å². The Labute approximate surface area is 129 Å². The molecule has 3 rings (SSSR count). The molecule has 0 amide bonds. The molecule has 1 aromatic carbocycles. The van der Waals surface area contributed by atoms with Gasteiger partial charge in [-0.3, -0.25) is 0 Å². The third kappa shape index (κ3) is 2.96. The first kappa shape index (κ1) is 13.8. The van der Waals surface area contributed by atoms with Crippen molar-refractivity contribution >= 4 is 0 Å². The summed E-state index contributed by atoms with van der Waals surface area (Å²) >= 11 is -2.11. The van der Waals surface area contributed by atoms with Crippen LogP contribution in [-0.4, -0.2) is 0 Å². The summed E-state index contributed by atoms with van der Waals surface area (Å²) in [5.41, 5.74) is 2.54. The molecular weight excluding hydrogens is 323 g/mol. The van der Waals surface area contributed by atoms with Crippen molar-refractivity contribution in [3.05, 3.63) is 77.9 Å². The predicted octanol–water partition coefficient (Wildman–Crippen LogP) is 5.04. The molecule has 0 aliphatic heterocycles. The molecule has 1 aromatic rings. The Bertz CT molecular complexity index is 558. The molecule has 0 radical (unpaired) electrons. The van der Waals surface area contributed by atoms with E-state index < -0.39 is 22.2 Å². The molecule has 0 heterocycles. The summed E-state index contributed by atoms with van der Waals surface area (Å²) in [5.74, 6) is 1.08. The molecule has 0 aromatic heterocycles. The molecule has 0 saturated carbocycles. The Morgan fingerprint density at radius 3 is 1.90 bits per heavy atom. The fraction of sp³-hybridized carbons (Fsp3) is 0.222. The van der Waals surface area contributed by atoms with Crippen LogP contribution in [0.3, 0.4) is 0 Å². The quantitative estimate of drug-likeness (QED) is 0.744. The summed E-state index contributed by atoms with van der Waals surface area (Å²) in [7, 11) is 0. The van der Waals surface area contributed by atoms with Gasteiger partial charge < -0.3 is 0 Å². The van der Waals surface area contributed by atoms with Crippen LogP contribution in [0.5, 0.6) is 5.75 Å². The molecule has 0 spiro atoms. The molecule has 0 fully saturated rings. The molecule has 0 unspecified atom stereocenters. The van der Waals surface area contributed by atoms with Gasteiger partial charge >= 0.3 is 130 Å². The standard InChI is InChI=1S/C8H10O.2C5H5.Zr/c1-6-3-4-8(9)7(2)5-6;2*1-2-4-5-3-1;/h3-5,9H,1-2H3;2*1-5H;/q;;;+1/p-1. The van der Waals surface area contributed by atoms with E-state index >= 15 is 0 Å². The van der Waals surface area contributed by atoms with Crippen LogP contribution in [0.25, 0.3) is 0 Å². The molecule has 2 aliphatic carbocycles. The molecule has 101 valence electrons. The SMILES string of the molecule is Cc1ccc([O][Zr]([CH]2C=CC=C2)[CH]2C=CC=C2)c(C)c1. The molecule has 0 N–H and O–H groups in total. The van der Waals surface area contributed by atoms with Crippen LogP contribution in [0, 0.1) is 13.8 Å². The van der Waals surface area contributed by atoms with Crippen molar-refractivity contribution in [3.8, 4) is 5.75 Å². The number of rotatable bonds is 4. The average molecular weight is 343 g/mol. The number of aryl methyl sites for hydroxylation is 2. The van der Waals surface area contributed by atoms with Gasteiger partial charge in [0.15, 0.2) is 0 Å². The number of hydrogen-bond acceptors (Lipinski definition) is 1. The molecule has 0 saturated heterocycles. The second-order valence-electron chi connectivity index (χ2n) is 5.36. The van der Waals surface area contributed by atoms with Crippen LogP contribution in [-0.2, 0) is 22.2 Å². The minimum atomic E-state index is -2.11. The second kappa shape index (κ2) is 6.10. The van der Waals surface area contributed by atoms with E-state index in [4.69, 9.17) is 2.81 Å². The fourth-order valence-electron chi connectivity index (χ4n) is 2.64. The van der Waals surface area contributed by atoms with E-state index in [2.05, 4.69) is 80.7 Å². The topological polar surface area (TPSA) is 9.23 Å². The van der Waals surface area contributed by atoms with Crippen molar-refractivity contribution in [1.29, 1.82) is 0 Å². The zero-order valence-corrected chi connectivity index (χ0v) is 14.4. The average Bonchev–Trinajstić information content (AvgIpc) is 3.11. The van der Waals surface area contributed by atoms with Crippen molar-refractivity contribution in [2.75, 3.05) is 0 Å². The summed E-state index contributed by atoms with van der Waals surface area (Å²) in [4.78, 5) is 0. The van der Waals surface area contributed by atoms with Crippen molar-refractivity contribution in [2.24, 2.45) is 0 Å². The fourth-order valence-corrected chi connectivity index (χ4v) is 8.55. The summed E-state index contributed by atoms with van der Waals surface area (Å²) in [6.07, 6.45) is 17.8. The van der Waals surface area contributed by atoms with Crippen LogP contribution in [0.2, 0.25) is 7.25 Å². The van der Waals surface area contributed by atoms with Gasteiger partial charge in [-0.05, 0) is 0 Å². The molecule has 2 aliphatic rings. The third-order valence-electron chi connectivity index (χ3n) is 3.71. The molecule has 0 atom stereocenters. The monoisotopic (exact) mass is 341 g/mol. The van der Waals surface area contributed by atoms with Gasteiger partial charge in [-0.25, -0.2) is 0 Å². The van der Waals surface area contributed by atoms with Gasteiger partial charge in [0, 0.05) is 0 Å². The Kier molecular flexibility index (Phi) is 4.22. The van der Waals surface area contributed by atoms with Crippen LogP contribution < -0.4 is 2.81 Å². The van der Waals surface area contributed by atoms with Crippen LogP contribution in [0.15, 0.2) is 66.8 Å². The third-order valence-corrected chi connectivity index (χ3v) is 9.95. The Balaban J connectivity index is 1.85. The van der Waals surface area contributed by atoms with Gasteiger partial charge in [-0.1, -0.05) is 0 Å². The van der Waals surface area contributed by atoms with Gasteiger partial charge in [0.05, 0.1) is 0 Å². The van der Waals surface area contributed by atoms with Gasteiger partial charge in [0.1, 0.15) is 0 Å². The summed E-state index contributed by atoms with van der Waals surface area (Å²) < 4.78 is 7.63. The van der Waals surface area contributed by atoms with Crippen LogP contribution >= 0.6 is 0 Å². The van der Waals surface area contributed by atoms with E-state index in [1.165, 1.54) is 11.1 Å². The van der Waals surface area contributed by atoms with Gasteiger partial charge in [0.2, 0.25) is 0 Å². The zero-order valence-electron chi connectivity index (χ0n) is 11.9. The Morgan fingerprint density at radius 1 is 0.850 bits per heavy atom. The molecule has 1 nitrogen and oxygen atoms in total. The van der Waals surface area contributed by atoms with E-state index in [0.29, 0.717) is 7.25 Å². The predicted molar refractivity (Wildman–Crippen MR) is 80.6 cm³/mol. The van der Waals surface area contributed by atoms with Crippen LogP contribution in [0.1, 0.15) is 11.1 Å². The van der Waals surface area contributed by atoms with Gasteiger partial charge in [-0.15, -0.1) is 0 Å². The molecular formula is C18H19OZr. The maximum atomic E-state index is 6.56. The molecule has 20 heavy (non-hydrogen) atoms. The zero-order chi connectivity index (χ0) is 13.9. The molecule has 2 heteroatoms. The van der Waals surface area contributed by atoms with Crippen LogP contribution in [0.4, 0.5) is 0 Å². The van der Waals surface area contributed by atoms with E-state index in [1.54, 1.807) is 0 Å². The number of benzene rings is 1. The number of hydrogen-bond donors (Lipinski definition) is 0. The van der Waals surface area contributed by atoms with E-state index in [9.17, 15) is 0 Å². The number of allylic oxidation sites excluding steroid dienone is 8. The second-order valence-corrected chi connectivity index (χ2v) is 11.1. The molecule has 0 bridgehead atoms. The van der Waals surface area contributed by atoms with Crippen molar-refractivity contribution in [2.45, 2.75) is 21.1 Å². The van der Waals surface area contributed by atoms with Gasteiger partial charge in [0.25, 0.3) is 0 Å². The summed E-state index contributed by atoms with van der Waals surface area (Å²) in [5, 5.41) is 0. The normalized spacial score (nSPS) is 17.3. The van der Waals surface area contributed by atoms with E-state index in [-0.39, 0.29) is 0 Å². The van der Waals surface area contributed by atoms with E-state index in [0.717, 1.165) is 5.75 Å². The Hall–Kier alpha value is -1.14. The maximum absolute atomic E-state index is 6.56.